The summed E-state index contributed by atoms with van der Waals surface area (Å²) in [5, 5.41) is 12.7. The number of benzene rings is 1. The minimum absolute atomic E-state index is 0.0239. The lowest BCUT2D eigenvalue weighted by molar-refractivity contribution is -0.121. The van der Waals surface area contributed by atoms with Gasteiger partial charge in [-0.15, -0.1) is 0 Å². The lowest BCUT2D eigenvalue weighted by Crippen LogP contribution is -2.57. The summed E-state index contributed by atoms with van der Waals surface area (Å²) in [5.74, 6) is 0.301. The van der Waals surface area contributed by atoms with Crippen LogP contribution < -0.4 is 4.90 Å². The molecule has 1 aromatic heterocycles. The van der Waals surface area contributed by atoms with Crippen LogP contribution in [0.1, 0.15) is 48.5 Å². The van der Waals surface area contributed by atoms with Gasteiger partial charge in [-0.05, 0) is 31.2 Å². The first kappa shape index (κ1) is 17.7. The van der Waals surface area contributed by atoms with E-state index < -0.39 is 0 Å². The highest BCUT2D eigenvalue weighted by molar-refractivity contribution is 6.01. The van der Waals surface area contributed by atoms with Crippen LogP contribution in [0, 0.1) is 11.3 Å². The van der Waals surface area contributed by atoms with Gasteiger partial charge in [0.1, 0.15) is 12.3 Å². The third kappa shape index (κ3) is 3.31. The van der Waals surface area contributed by atoms with Crippen LogP contribution in [0.3, 0.4) is 0 Å². The smallest absolute Gasteiger partial charge is 0.276 e. The van der Waals surface area contributed by atoms with Gasteiger partial charge < -0.3 is 14.3 Å². The molecule has 134 valence electrons. The quantitative estimate of drug-likeness (QED) is 0.847. The summed E-state index contributed by atoms with van der Waals surface area (Å²) in [5.41, 5.74) is 1.48. The van der Waals surface area contributed by atoms with Crippen LogP contribution in [-0.4, -0.2) is 41.0 Å². The monoisotopic (exact) mass is 352 g/mol. The Labute approximate surface area is 151 Å². The molecule has 1 aromatic carbocycles. The maximum Gasteiger partial charge on any atom is 0.276 e. The number of carbonyl (C=O) groups excluding carboxylic acids is 2. The minimum atomic E-state index is -0.305. The van der Waals surface area contributed by atoms with E-state index in [2.05, 4.69) is 11.2 Å². The molecular weight excluding hydrogens is 332 g/mol. The zero-order valence-corrected chi connectivity index (χ0v) is 15.0. The summed E-state index contributed by atoms with van der Waals surface area (Å²) < 4.78 is 5.19. The van der Waals surface area contributed by atoms with Crippen molar-refractivity contribution < 1.29 is 14.1 Å². The van der Waals surface area contributed by atoms with Crippen LogP contribution in [0.2, 0.25) is 0 Å². The van der Waals surface area contributed by atoms with Crippen LogP contribution in [0.15, 0.2) is 34.9 Å². The molecule has 0 bridgehead atoms. The van der Waals surface area contributed by atoms with Crippen molar-refractivity contribution in [3.8, 4) is 6.07 Å². The van der Waals surface area contributed by atoms with Gasteiger partial charge in [0.25, 0.3) is 5.91 Å². The lowest BCUT2D eigenvalue weighted by Gasteiger charge is -2.39. The van der Waals surface area contributed by atoms with Gasteiger partial charge in [-0.25, -0.2) is 0 Å². The molecule has 1 atom stereocenters. The van der Waals surface area contributed by atoms with E-state index >= 15 is 0 Å². The maximum absolute atomic E-state index is 12.7. The highest BCUT2D eigenvalue weighted by atomic mass is 16.5. The first-order chi connectivity index (χ1) is 12.4. The van der Waals surface area contributed by atoms with E-state index in [4.69, 9.17) is 9.78 Å². The minimum Gasteiger partial charge on any atom is -0.360 e. The predicted molar refractivity (Wildman–Crippen MR) is 94.6 cm³/mol. The molecule has 2 aromatic rings. The highest BCUT2D eigenvalue weighted by Gasteiger charge is 2.34. The van der Waals surface area contributed by atoms with Gasteiger partial charge in [-0.3, -0.25) is 9.59 Å². The molecule has 3 rings (SSSR count). The largest absolute Gasteiger partial charge is 0.360 e. The summed E-state index contributed by atoms with van der Waals surface area (Å²) >= 11 is 0. The Bertz CT molecular complexity index is 864. The number of amides is 2. The highest BCUT2D eigenvalue weighted by Crippen LogP contribution is 2.23. The third-order valence-electron chi connectivity index (χ3n) is 4.47. The Morgan fingerprint density at radius 1 is 1.35 bits per heavy atom. The fourth-order valence-electron chi connectivity index (χ4n) is 2.90. The molecule has 0 spiro atoms. The van der Waals surface area contributed by atoms with E-state index in [9.17, 15) is 9.59 Å². The van der Waals surface area contributed by atoms with Gasteiger partial charge in [-0.1, -0.05) is 19.0 Å². The Kier molecular flexibility index (Phi) is 4.76. The van der Waals surface area contributed by atoms with Crippen molar-refractivity contribution in [3.63, 3.8) is 0 Å². The van der Waals surface area contributed by atoms with E-state index in [0.29, 0.717) is 17.9 Å². The van der Waals surface area contributed by atoms with E-state index in [1.54, 1.807) is 35.2 Å². The summed E-state index contributed by atoms with van der Waals surface area (Å²) in [6.45, 7) is 6.16. The van der Waals surface area contributed by atoms with Gasteiger partial charge in [0.2, 0.25) is 5.91 Å². The molecule has 26 heavy (non-hydrogen) atoms. The van der Waals surface area contributed by atoms with E-state index in [1.165, 1.54) is 4.90 Å². The molecule has 0 unspecified atom stereocenters. The van der Waals surface area contributed by atoms with Gasteiger partial charge >= 0.3 is 0 Å². The number of piperazine rings is 1. The Balaban J connectivity index is 1.76. The topological polar surface area (TPSA) is 90.4 Å². The normalized spacial score (nSPS) is 17.5. The van der Waals surface area contributed by atoms with Gasteiger partial charge in [-0.2, -0.15) is 5.26 Å². The van der Waals surface area contributed by atoms with Crippen LogP contribution in [0.4, 0.5) is 5.69 Å². The van der Waals surface area contributed by atoms with E-state index in [1.807, 2.05) is 20.8 Å². The van der Waals surface area contributed by atoms with Crippen LogP contribution >= 0.6 is 0 Å². The summed E-state index contributed by atoms with van der Waals surface area (Å²) in [4.78, 5) is 28.4. The van der Waals surface area contributed by atoms with Crippen molar-refractivity contribution in [1.82, 2.24) is 10.1 Å². The van der Waals surface area contributed by atoms with Crippen molar-refractivity contribution >= 4 is 17.5 Å². The molecule has 2 amide bonds. The number of rotatable bonds is 3. The summed E-state index contributed by atoms with van der Waals surface area (Å²) in [6.07, 6.45) is 0. The van der Waals surface area contributed by atoms with E-state index in [-0.39, 0.29) is 36.0 Å². The van der Waals surface area contributed by atoms with Gasteiger partial charge in [0, 0.05) is 30.3 Å². The molecule has 1 aliphatic rings. The lowest BCUT2D eigenvalue weighted by atomic mass is 10.1. The molecule has 0 N–H and O–H groups in total. The standard InChI is InChI=1S/C19H20N4O3/c1-12(2)17-8-16(21-26-17)19(25)22-11-18(24)23(10-13(22)3)15-6-4-14(9-20)5-7-15/h4-8,12-13H,10-11H2,1-3H3/t13-/m0/s1. The number of carbonyl (C=O) groups is 2. The Morgan fingerprint density at radius 3 is 2.62 bits per heavy atom. The number of nitriles is 1. The van der Waals surface area contributed by atoms with Crippen molar-refractivity contribution in [2.24, 2.45) is 0 Å². The first-order valence-corrected chi connectivity index (χ1v) is 8.48. The zero-order chi connectivity index (χ0) is 18.8. The number of anilines is 1. The number of hydrogen-bond donors (Lipinski definition) is 0. The van der Waals surface area contributed by atoms with Crippen LogP contribution in [0.25, 0.3) is 0 Å². The molecule has 1 fully saturated rings. The van der Waals surface area contributed by atoms with Gasteiger partial charge in [0.15, 0.2) is 5.69 Å². The van der Waals surface area contributed by atoms with Crippen molar-refractivity contribution in [1.29, 1.82) is 5.26 Å². The number of nitrogens with zero attached hydrogens (tertiary/aromatic N) is 4. The van der Waals surface area contributed by atoms with Crippen molar-refractivity contribution in [2.45, 2.75) is 32.7 Å². The Morgan fingerprint density at radius 2 is 2.04 bits per heavy atom. The first-order valence-electron chi connectivity index (χ1n) is 8.48. The van der Waals surface area contributed by atoms with Gasteiger partial charge in [0.05, 0.1) is 11.6 Å². The second-order valence-corrected chi connectivity index (χ2v) is 6.71. The molecular formula is C19H20N4O3. The second-order valence-electron chi connectivity index (χ2n) is 6.71. The number of hydrogen-bond acceptors (Lipinski definition) is 5. The fourth-order valence-corrected chi connectivity index (χ4v) is 2.90. The predicted octanol–water partition coefficient (Wildman–Crippen LogP) is 2.55. The van der Waals surface area contributed by atoms with Crippen LogP contribution in [0.5, 0.6) is 0 Å². The Hall–Kier alpha value is -3.14. The van der Waals surface area contributed by atoms with Crippen LogP contribution in [-0.2, 0) is 4.79 Å². The maximum atomic E-state index is 12.7. The summed E-state index contributed by atoms with van der Waals surface area (Å²) in [7, 11) is 0. The number of aromatic nitrogens is 1. The average molecular weight is 352 g/mol. The summed E-state index contributed by atoms with van der Waals surface area (Å²) in [6, 6.07) is 10.4. The fraction of sp³-hybridized carbons (Fsp3) is 0.368. The van der Waals surface area contributed by atoms with E-state index in [0.717, 1.165) is 5.69 Å². The molecule has 2 heterocycles. The SMILES string of the molecule is CC(C)c1cc(C(=O)N2CC(=O)N(c3ccc(C#N)cc3)C[C@@H]2C)no1. The van der Waals surface area contributed by atoms with Crippen molar-refractivity contribution in [3.05, 3.63) is 47.3 Å². The molecule has 0 aliphatic carbocycles. The molecule has 1 saturated heterocycles. The average Bonchev–Trinajstić information content (AvgIpc) is 3.13. The molecule has 7 nitrogen and oxygen atoms in total. The third-order valence-corrected chi connectivity index (χ3v) is 4.47. The second kappa shape index (κ2) is 7.00. The molecule has 1 aliphatic heterocycles. The zero-order valence-electron chi connectivity index (χ0n) is 15.0. The molecule has 7 heteroatoms. The molecule has 0 saturated carbocycles. The molecule has 0 radical (unpaired) electrons. The van der Waals surface area contributed by atoms with Crippen molar-refractivity contribution in [2.75, 3.05) is 18.0 Å².